The largest absolute Gasteiger partial charge is 0.496 e. The molecule has 0 fully saturated rings. The molecule has 0 atom stereocenters. The van der Waals surface area contributed by atoms with E-state index >= 15 is 0 Å². The third-order valence-corrected chi connectivity index (χ3v) is 5.45. The number of aryl methyl sites for hydroxylation is 1. The molecule has 164 valence electrons. The molecule has 0 unspecified atom stereocenters. The Morgan fingerprint density at radius 2 is 1.61 bits per heavy atom. The van der Waals surface area contributed by atoms with Gasteiger partial charge in [0.05, 0.1) is 24.1 Å². The number of pyridine rings is 1. The Balaban J connectivity index is 1.52. The summed E-state index contributed by atoms with van der Waals surface area (Å²) in [6.45, 7) is 1.82. The van der Waals surface area contributed by atoms with Crippen molar-refractivity contribution in [2.75, 3.05) is 12.4 Å². The van der Waals surface area contributed by atoms with Crippen molar-refractivity contribution in [3.8, 4) is 16.9 Å². The highest BCUT2D eigenvalue weighted by atomic mass is 16.5. The number of carbonyl (C=O) groups is 2. The summed E-state index contributed by atoms with van der Waals surface area (Å²) in [6, 6.07) is 26.5. The second-order valence-corrected chi connectivity index (χ2v) is 7.67. The van der Waals surface area contributed by atoms with Gasteiger partial charge in [0.25, 0.3) is 5.91 Å². The van der Waals surface area contributed by atoms with E-state index in [4.69, 9.17) is 4.74 Å². The van der Waals surface area contributed by atoms with Gasteiger partial charge in [0.2, 0.25) is 0 Å². The molecule has 0 saturated heterocycles. The molecule has 0 radical (unpaired) electrons. The Morgan fingerprint density at radius 3 is 2.30 bits per heavy atom. The number of amides is 1. The number of nitrogens with zero attached hydrogens (tertiary/aromatic N) is 1. The van der Waals surface area contributed by atoms with Crippen LogP contribution in [0.25, 0.3) is 11.1 Å². The van der Waals surface area contributed by atoms with E-state index < -0.39 is 0 Å². The van der Waals surface area contributed by atoms with Crippen LogP contribution >= 0.6 is 0 Å². The zero-order valence-electron chi connectivity index (χ0n) is 18.5. The fourth-order valence-electron chi connectivity index (χ4n) is 3.60. The molecule has 4 rings (SSSR count). The van der Waals surface area contributed by atoms with Gasteiger partial charge in [-0.2, -0.15) is 0 Å². The van der Waals surface area contributed by atoms with Crippen molar-refractivity contribution in [1.82, 2.24) is 4.98 Å². The van der Waals surface area contributed by atoms with E-state index in [0.717, 1.165) is 16.7 Å². The Bertz CT molecular complexity index is 1280. The van der Waals surface area contributed by atoms with Crippen LogP contribution in [0.4, 0.5) is 5.69 Å². The maximum absolute atomic E-state index is 13.0. The SMILES string of the molecule is COc1ccc(C(=O)Cc2ccc(-c3ccccc3)cc2)cc1C(=O)Nc1cccnc1C. The number of carbonyl (C=O) groups excluding carboxylic acids is 2. The first-order chi connectivity index (χ1) is 16.0. The van der Waals surface area contributed by atoms with Crippen molar-refractivity contribution < 1.29 is 14.3 Å². The molecule has 3 aromatic carbocycles. The highest BCUT2D eigenvalue weighted by Gasteiger charge is 2.17. The monoisotopic (exact) mass is 436 g/mol. The van der Waals surface area contributed by atoms with Crippen LogP contribution in [-0.4, -0.2) is 23.8 Å². The van der Waals surface area contributed by atoms with Crippen LogP contribution in [0.3, 0.4) is 0 Å². The average Bonchev–Trinajstić information content (AvgIpc) is 2.86. The number of Topliss-reactive ketones (excluding diaryl/α,β-unsaturated/α-hetero) is 1. The first-order valence-corrected chi connectivity index (χ1v) is 10.6. The maximum Gasteiger partial charge on any atom is 0.259 e. The Kier molecular flexibility index (Phi) is 6.60. The number of rotatable bonds is 7. The van der Waals surface area contributed by atoms with Crippen LogP contribution in [0.5, 0.6) is 5.75 Å². The third kappa shape index (κ3) is 5.15. The van der Waals surface area contributed by atoms with Crippen molar-refractivity contribution in [3.05, 3.63) is 114 Å². The average molecular weight is 437 g/mol. The molecule has 0 aliphatic rings. The third-order valence-electron chi connectivity index (χ3n) is 5.45. The van der Waals surface area contributed by atoms with Gasteiger partial charge < -0.3 is 10.1 Å². The van der Waals surface area contributed by atoms with E-state index in [2.05, 4.69) is 22.4 Å². The summed E-state index contributed by atoms with van der Waals surface area (Å²) >= 11 is 0. The van der Waals surface area contributed by atoms with E-state index in [1.54, 1.807) is 36.5 Å². The Hall–Kier alpha value is -4.25. The number of nitrogens with one attached hydrogen (secondary N) is 1. The summed E-state index contributed by atoms with van der Waals surface area (Å²) in [4.78, 5) is 30.1. The predicted molar refractivity (Wildman–Crippen MR) is 130 cm³/mol. The highest BCUT2D eigenvalue weighted by molar-refractivity contribution is 6.08. The number of benzene rings is 3. The van der Waals surface area contributed by atoms with Crippen LogP contribution < -0.4 is 10.1 Å². The van der Waals surface area contributed by atoms with Gasteiger partial charge in [-0.1, -0.05) is 54.6 Å². The normalized spacial score (nSPS) is 10.5. The standard InChI is InChI=1S/C28H24N2O3/c1-19-25(9-6-16-29-19)30-28(32)24-18-23(14-15-27(24)33-2)26(31)17-20-10-12-22(13-11-20)21-7-4-3-5-8-21/h3-16,18H,17H2,1-2H3,(H,30,32). The van der Waals surface area contributed by atoms with Crippen molar-refractivity contribution in [1.29, 1.82) is 0 Å². The van der Waals surface area contributed by atoms with Crippen molar-refractivity contribution in [2.24, 2.45) is 0 Å². The van der Waals surface area contributed by atoms with Gasteiger partial charge in [-0.05, 0) is 53.9 Å². The van der Waals surface area contributed by atoms with E-state index in [1.807, 2.05) is 49.4 Å². The van der Waals surface area contributed by atoms with Gasteiger partial charge in [0.1, 0.15) is 5.75 Å². The van der Waals surface area contributed by atoms with Crippen LogP contribution in [0.15, 0.2) is 91.1 Å². The van der Waals surface area contributed by atoms with Crippen LogP contribution in [0.2, 0.25) is 0 Å². The second kappa shape index (κ2) is 9.92. The number of anilines is 1. The Labute approximate surface area is 193 Å². The van der Waals surface area contributed by atoms with Gasteiger partial charge in [-0.15, -0.1) is 0 Å². The number of aromatic nitrogens is 1. The van der Waals surface area contributed by atoms with Gasteiger partial charge in [0, 0.05) is 18.2 Å². The fraction of sp³-hybridized carbons (Fsp3) is 0.107. The number of ketones is 1. The van der Waals surface area contributed by atoms with Gasteiger partial charge in [-0.25, -0.2) is 0 Å². The summed E-state index contributed by atoms with van der Waals surface area (Å²) < 4.78 is 5.35. The lowest BCUT2D eigenvalue weighted by molar-refractivity contribution is 0.0993. The lowest BCUT2D eigenvalue weighted by atomic mass is 9.98. The van der Waals surface area contributed by atoms with E-state index in [1.165, 1.54) is 7.11 Å². The molecule has 1 N–H and O–H groups in total. The topological polar surface area (TPSA) is 68.3 Å². The molecule has 0 bridgehead atoms. The minimum Gasteiger partial charge on any atom is -0.496 e. The van der Waals surface area contributed by atoms with Crippen molar-refractivity contribution in [2.45, 2.75) is 13.3 Å². The van der Waals surface area contributed by atoms with Gasteiger partial charge >= 0.3 is 0 Å². The van der Waals surface area contributed by atoms with Crippen molar-refractivity contribution in [3.63, 3.8) is 0 Å². The highest BCUT2D eigenvalue weighted by Crippen LogP contribution is 2.24. The summed E-state index contributed by atoms with van der Waals surface area (Å²) in [5.74, 6) is -0.0284. The van der Waals surface area contributed by atoms with Crippen LogP contribution in [0, 0.1) is 6.92 Å². The quantitative estimate of drug-likeness (QED) is 0.375. The molecule has 0 aliphatic carbocycles. The van der Waals surface area contributed by atoms with E-state index in [9.17, 15) is 9.59 Å². The maximum atomic E-state index is 13.0. The lowest BCUT2D eigenvalue weighted by Gasteiger charge is -2.12. The fourth-order valence-corrected chi connectivity index (χ4v) is 3.60. The molecule has 1 heterocycles. The molecule has 1 amide bonds. The Morgan fingerprint density at radius 1 is 0.879 bits per heavy atom. The number of methoxy groups -OCH3 is 1. The molecule has 0 spiro atoms. The summed E-state index contributed by atoms with van der Waals surface area (Å²) in [5.41, 5.74) is 5.20. The molecule has 33 heavy (non-hydrogen) atoms. The minimum absolute atomic E-state index is 0.0725. The van der Waals surface area contributed by atoms with Gasteiger partial charge in [-0.3, -0.25) is 14.6 Å². The molecule has 0 aliphatic heterocycles. The number of hydrogen-bond donors (Lipinski definition) is 1. The molecular formula is C28H24N2O3. The van der Waals surface area contributed by atoms with Crippen LogP contribution in [0.1, 0.15) is 32.0 Å². The summed E-state index contributed by atoms with van der Waals surface area (Å²) in [6.07, 6.45) is 1.90. The first kappa shape index (κ1) is 22.0. The first-order valence-electron chi connectivity index (χ1n) is 10.6. The molecular weight excluding hydrogens is 412 g/mol. The minimum atomic E-state index is -0.357. The van der Waals surface area contributed by atoms with Crippen molar-refractivity contribution >= 4 is 17.4 Å². The molecule has 1 aromatic heterocycles. The molecule has 0 saturated carbocycles. The zero-order valence-corrected chi connectivity index (χ0v) is 18.5. The summed E-state index contributed by atoms with van der Waals surface area (Å²) in [7, 11) is 1.50. The molecule has 5 nitrogen and oxygen atoms in total. The number of hydrogen-bond acceptors (Lipinski definition) is 4. The summed E-state index contributed by atoms with van der Waals surface area (Å²) in [5, 5.41) is 2.85. The van der Waals surface area contributed by atoms with E-state index in [-0.39, 0.29) is 18.1 Å². The lowest BCUT2D eigenvalue weighted by Crippen LogP contribution is -2.15. The molecule has 4 aromatic rings. The van der Waals surface area contributed by atoms with Crippen LogP contribution in [-0.2, 0) is 6.42 Å². The predicted octanol–water partition coefficient (Wildman–Crippen LogP) is 5.74. The second-order valence-electron chi connectivity index (χ2n) is 7.67. The van der Waals surface area contributed by atoms with Gasteiger partial charge in [0.15, 0.2) is 5.78 Å². The van der Waals surface area contributed by atoms with E-state index in [0.29, 0.717) is 28.3 Å². The smallest absolute Gasteiger partial charge is 0.259 e. The molecule has 5 heteroatoms. The zero-order chi connectivity index (χ0) is 23.2. The number of ether oxygens (including phenoxy) is 1.